The third kappa shape index (κ3) is 5.43. The van der Waals surface area contributed by atoms with E-state index >= 15 is 0 Å². The van der Waals surface area contributed by atoms with Crippen LogP contribution in [-0.4, -0.2) is 20.5 Å². The number of unbranched alkanes of at least 4 members (excludes halogenated alkanes) is 4. The maximum atomic E-state index is 11.8. The number of aryl methyl sites for hydroxylation is 1. The van der Waals surface area contributed by atoms with Gasteiger partial charge in [0, 0.05) is 13.0 Å². The van der Waals surface area contributed by atoms with E-state index in [0.29, 0.717) is 12.8 Å². The third-order valence-electron chi connectivity index (χ3n) is 3.05. The summed E-state index contributed by atoms with van der Waals surface area (Å²) in [6, 6.07) is 0. The van der Waals surface area contributed by atoms with Gasteiger partial charge >= 0.3 is 0 Å². The molecule has 0 saturated carbocycles. The van der Waals surface area contributed by atoms with Gasteiger partial charge in [0.15, 0.2) is 0 Å². The van der Waals surface area contributed by atoms with Gasteiger partial charge in [-0.15, -0.1) is 0 Å². The van der Waals surface area contributed by atoms with E-state index in [1.807, 2.05) is 4.68 Å². The minimum Gasteiger partial charge on any atom is -0.299 e. The fraction of sp³-hybridized carbons (Fsp3) is 0.786. The van der Waals surface area contributed by atoms with Crippen LogP contribution in [0.5, 0.6) is 0 Å². The molecule has 0 N–H and O–H groups in total. The molecule has 0 aliphatic rings. The van der Waals surface area contributed by atoms with E-state index in [-0.39, 0.29) is 5.78 Å². The van der Waals surface area contributed by atoms with Crippen molar-refractivity contribution in [3.05, 3.63) is 12.2 Å². The maximum absolute atomic E-state index is 11.8. The lowest BCUT2D eigenvalue weighted by atomic mass is 10.1. The second-order valence-corrected chi connectivity index (χ2v) is 4.78. The molecule has 0 unspecified atom stereocenters. The Morgan fingerprint density at radius 1 is 1.17 bits per heavy atom. The van der Waals surface area contributed by atoms with Crippen LogP contribution < -0.4 is 0 Å². The SMILES string of the molecule is CCCCCCCC(=O)Cc1ncnn1CCC. The van der Waals surface area contributed by atoms with E-state index in [9.17, 15) is 4.79 Å². The van der Waals surface area contributed by atoms with Crippen molar-refractivity contribution >= 4 is 5.78 Å². The number of ketones is 1. The zero-order valence-electron chi connectivity index (χ0n) is 11.7. The van der Waals surface area contributed by atoms with Crippen molar-refractivity contribution in [2.24, 2.45) is 0 Å². The summed E-state index contributed by atoms with van der Waals surface area (Å²) in [7, 11) is 0. The van der Waals surface area contributed by atoms with Gasteiger partial charge < -0.3 is 0 Å². The van der Waals surface area contributed by atoms with Crippen LogP contribution in [0.2, 0.25) is 0 Å². The van der Waals surface area contributed by atoms with E-state index in [4.69, 9.17) is 0 Å². The van der Waals surface area contributed by atoms with E-state index in [1.165, 1.54) is 25.7 Å². The number of nitrogens with zero attached hydrogens (tertiary/aromatic N) is 3. The molecule has 0 aliphatic heterocycles. The third-order valence-corrected chi connectivity index (χ3v) is 3.05. The summed E-state index contributed by atoms with van der Waals surface area (Å²) in [5, 5.41) is 4.13. The number of Topliss-reactive ketones (excluding diaryl/α,β-unsaturated/α-hetero) is 1. The van der Waals surface area contributed by atoms with E-state index in [2.05, 4.69) is 23.9 Å². The minimum atomic E-state index is 0.289. The van der Waals surface area contributed by atoms with Gasteiger partial charge in [0.2, 0.25) is 0 Å². The Labute approximate surface area is 110 Å². The Balaban J connectivity index is 2.24. The van der Waals surface area contributed by atoms with E-state index in [0.717, 1.165) is 25.2 Å². The van der Waals surface area contributed by atoms with Crippen LogP contribution in [0, 0.1) is 0 Å². The number of carbonyl (C=O) groups excluding carboxylic acids is 1. The van der Waals surface area contributed by atoms with Gasteiger partial charge in [-0.3, -0.25) is 4.79 Å². The molecule has 0 aliphatic carbocycles. The highest BCUT2D eigenvalue weighted by Gasteiger charge is 2.09. The molecule has 0 atom stereocenters. The molecule has 0 fully saturated rings. The van der Waals surface area contributed by atoms with Gasteiger partial charge in [0.05, 0.1) is 6.42 Å². The van der Waals surface area contributed by atoms with Crippen LogP contribution in [0.3, 0.4) is 0 Å². The zero-order chi connectivity index (χ0) is 13.2. The topological polar surface area (TPSA) is 47.8 Å². The average Bonchev–Trinajstić information content (AvgIpc) is 2.77. The molecular weight excluding hydrogens is 226 g/mol. The van der Waals surface area contributed by atoms with Gasteiger partial charge in [0.25, 0.3) is 0 Å². The van der Waals surface area contributed by atoms with Crippen molar-refractivity contribution in [2.75, 3.05) is 0 Å². The van der Waals surface area contributed by atoms with Crippen molar-refractivity contribution in [1.82, 2.24) is 14.8 Å². The van der Waals surface area contributed by atoms with Crippen LogP contribution in [0.4, 0.5) is 0 Å². The molecule has 0 radical (unpaired) electrons. The molecule has 1 heterocycles. The van der Waals surface area contributed by atoms with Crippen LogP contribution >= 0.6 is 0 Å². The molecule has 4 nitrogen and oxygen atoms in total. The predicted molar refractivity (Wildman–Crippen MR) is 72.4 cm³/mol. The summed E-state index contributed by atoms with van der Waals surface area (Å²) in [5.41, 5.74) is 0. The second-order valence-electron chi connectivity index (χ2n) is 4.78. The Bertz CT molecular complexity index is 347. The summed E-state index contributed by atoms with van der Waals surface area (Å²) in [6.07, 6.45) is 9.63. The fourth-order valence-corrected chi connectivity index (χ4v) is 2.01. The number of rotatable bonds is 10. The van der Waals surface area contributed by atoms with Crippen LogP contribution in [0.15, 0.2) is 6.33 Å². The first kappa shape index (κ1) is 14.9. The van der Waals surface area contributed by atoms with Crippen LogP contribution in [-0.2, 0) is 17.8 Å². The molecule has 18 heavy (non-hydrogen) atoms. The standard InChI is InChI=1S/C14H25N3O/c1-3-5-6-7-8-9-13(18)11-14-15-12-16-17(14)10-4-2/h12H,3-11H2,1-2H3. The normalized spacial score (nSPS) is 10.8. The summed E-state index contributed by atoms with van der Waals surface area (Å²) in [5.74, 6) is 1.10. The molecule has 4 heteroatoms. The molecule has 1 aromatic heterocycles. The van der Waals surface area contributed by atoms with E-state index < -0.39 is 0 Å². The molecule has 0 saturated heterocycles. The van der Waals surface area contributed by atoms with Gasteiger partial charge in [-0.25, -0.2) is 9.67 Å². The molecule has 0 spiro atoms. The average molecular weight is 251 g/mol. The molecule has 1 aromatic rings. The first-order valence-electron chi connectivity index (χ1n) is 7.16. The number of carbonyl (C=O) groups is 1. The zero-order valence-corrected chi connectivity index (χ0v) is 11.7. The first-order valence-corrected chi connectivity index (χ1v) is 7.16. The number of aromatic nitrogens is 3. The minimum absolute atomic E-state index is 0.289. The molecule has 0 aromatic carbocycles. The van der Waals surface area contributed by atoms with Gasteiger partial charge in [0.1, 0.15) is 17.9 Å². The molecule has 0 amide bonds. The lowest BCUT2D eigenvalue weighted by Gasteiger charge is -2.04. The highest BCUT2D eigenvalue weighted by molar-refractivity contribution is 5.80. The molecule has 1 rings (SSSR count). The van der Waals surface area contributed by atoms with Crippen molar-refractivity contribution in [1.29, 1.82) is 0 Å². The highest BCUT2D eigenvalue weighted by atomic mass is 16.1. The van der Waals surface area contributed by atoms with Crippen LogP contribution in [0.1, 0.15) is 64.6 Å². The Hall–Kier alpha value is -1.19. The molecular formula is C14H25N3O. The Kier molecular flexibility index (Phi) is 7.30. The second kappa shape index (κ2) is 8.84. The molecule has 0 bridgehead atoms. The maximum Gasteiger partial charge on any atom is 0.140 e. The Morgan fingerprint density at radius 3 is 2.67 bits per heavy atom. The summed E-state index contributed by atoms with van der Waals surface area (Å²) in [6.45, 7) is 5.14. The van der Waals surface area contributed by atoms with Gasteiger partial charge in [-0.2, -0.15) is 5.10 Å². The lowest BCUT2D eigenvalue weighted by molar-refractivity contribution is -0.118. The molecule has 102 valence electrons. The van der Waals surface area contributed by atoms with Gasteiger partial charge in [-0.1, -0.05) is 39.5 Å². The predicted octanol–water partition coefficient (Wildman–Crippen LogP) is 3.16. The summed E-state index contributed by atoms with van der Waals surface area (Å²) >= 11 is 0. The van der Waals surface area contributed by atoms with Crippen LogP contribution in [0.25, 0.3) is 0 Å². The Morgan fingerprint density at radius 2 is 1.94 bits per heavy atom. The van der Waals surface area contributed by atoms with E-state index in [1.54, 1.807) is 6.33 Å². The largest absolute Gasteiger partial charge is 0.299 e. The smallest absolute Gasteiger partial charge is 0.140 e. The number of hydrogen-bond acceptors (Lipinski definition) is 3. The van der Waals surface area contributed by atoms with Crippen molar-refractivity contribution < 1.29 is 4.79 Å². The highest BCUT2D eigenvalue weighted by Crippen LogP contribution is 2.07. The van der Waals surface area contributed by atoms with Crippen molar-refractivity contribution in [3.8, 4) is 0 Å². The first-order chi connectivity index (χ1) is 8.77. The van der Waals surface area contributed by atoms with Crippen molar-refractivity contribution in [3.63, 3.8) is 0 Å². The van der Waals surface area contributed by atoms with Crippen molar-refractivity contribution in [2.45, 2.75) is 71.8 Å². The summed E-state index contributed by atoms with van der Waals surface area (Å²) in [4.78, 5) is 16.0. The lowest BCUT2D eigenvalue weighted by Crippen LogP contribution is -2.11. The fourth-order valence-electron chi connectivity index (χ4n) is 2.01. The van der Waals surface area contributed by atoms with Gasteiger partial charge in [-0.05, 0) is 12.8 Å². The quantitative estimate of drug-likeness (QED) is 0.600. The monoisotopic (exact) mass is 251 g/mol. The number of hydrogen-bond donors (Lipinski definition) is 0. The summed E-state index contributed by atoms with van der Waals surface area (Å²) < 4.78 is 1.84.